The molecule has 2 atom stereocenters. The van der Waals surface area contributed by atoms with Crippen molar-refractivity contribution in [2.75, 3.05) is 6.61 Å². The molecule has 0 spiro atoms. The number of alkyl halides is 5. The van der Waals surface area contributed by atoms with Crippen LogP contribution in [0.25, 0.3) is 0 Å². The summed E-state index contributed by atoms with van der Waals surface area (Å²) in [4.78, 5) is 0. The van der Waals surface area contributed by atoms with E-state index in [1.807, 2.05) is 0 Å². The molecule has 20 heavy (non-hydrogen) atoms. The van der Waals surface area contributed by atoms with Gasteiger partial charge in [0.15, 0.2) is 6.10 Å². The lowest BCUT2D eigenvalue weighted by molar-refractivity contribution is -0.206. The van der Waals surface area contributed by atoms with Crippen LogP contribution in [0.15, 0.2) is 18.2 Å². The monoisotopic (exact) mass is 300 g/mol. The quantitative estimate of drug-likeness (QED) is 0.789. The molecule has 1 fully saturated rings. The first-order valence-corrected chi connectivity index (χ1v) is 5.70. The highest BCUT2D eigenvalue weighted by Gasteiger charge is 2.46. The Labute approximate surface area is 110 Å². The summed E-state index contributed by atoms with van der Waals surface area (Å²) in [6.07, 6.45) is -6.87. The standard InChI is InChI=1S/C12H10F6O2/c13-7-1-2-8(9(4-7)20-11(14)15)6-3-10(19-5-6)12(16,17)18/h1-2,4,6,10-11H,3,5H2. The molecule has 2 unspecified atom stereocenters. The number of hydrogen-bond donors (Lipinski definition) is 0. The van der Waals surface area contributed by atoms with Gasteiger partial charge in [0.1, 0.15) is 11.6 Å². The van der Waals surface area contributed by atoms with Gasteiger partial charge in [-0.2, -0.15) is 22.0 Å². The second-order valence-corrected chi connectivity index (χ2v) is 4.36. The van der Waals surface area contributed by atoms with E-state index >= 15 is 0 Å². The number of rotatable bonds is 3. The smallest absolute Gasteiger partial charge is 0.414 e. The summed E-state index contributed by atoms with van der Waals surface area (Å²) in [6, 6.07) is 2.84. The summed E-state index contributed by atoms with van der Waals surface area (Å²) >= 11 is 0. The highest BCUT2D eigenvalue weighted by atomic mass is 19.4. The van der Waals surface area contributed by atoms with E-state index < -0.39 is 42.8 Å². The fourth-order valence-corrected chi connectivity index (χ4v) is 2.12. The zero-order valence-corrected chi connectivity index (χ0v) is 9.96. The first-order chi connectivity index (χ1) is 9.27. The third kappa shape index (κ3) is 3.36. The van der Waals surface area contributed by atoms with Crippen LogP contribution >= 0.6 is 0 Å². The number of halogens is 6. The first kappa shape index (κ1) is 15.0. The third-order valence-corrected chi connectivity index (χ3v) is 2.99. The lowest BCUT2D eigenvalue weighted by atomic mass is 9.95. The van der Waals surface area contributed by atoms with Gasteiger partial charge < -0.3 is 9.47 Å². The van der Waals surface area contributed by atoms with Gasteiger partial charge in [-0.15, -0.1) is 0 Å². The first-order valence-electron chi connectivity index (χ1n) is 5.70. The van der Waals surface area contributed by atoms with Crippen LogP contribution in [0.4, 0.5) is 26.3 Å². The Balaban J connectivity index is 2.21. The molecular weight excluding hydrogens is 290 g/mol. The lowest BCUT2D eigenvalue weighted by Crippen LogP contribution is -2.27. The van der Waals surface area contributed by atoms with Gasteiger partial charge in [-0.25, -0.2) is 4.39 Å². The van der Waals surface area contributed by atoms with E-state index in [1.165, 1.54) is 0 Å². The molecule has 1 aliphatic rings. The third-order valence-electron chi connectivity index (χ3n) is 2.99. The van der Waals surface area contributed by atoms with Crippen LogP contribution in [0.5, 0.6) is 5.75 Å². The summed E-state index contributed by atoms with van der Waals surface area (Å²) in [5, 5.41) is 0. The van der Waals surface area contributed by atoms with Crippen molar-refractivity contribution in [2.45, 2.75) is 31.2 Å². The van der Waals surface area contributed by atoms with Crippen molar-refractivity contribution in [3.05, 3.63) is 29.6 Å². The molecule has 0 N–H and O–H groups in total. The second-order valence-electron chi connectivity index (χ2n) is 4.36. The molecule has 0 aromatic heterocycles. The van der Waals surface area contributed by atoms with E-state index in [1.54, 1.807) is 0 Å². The maximum absolute atomic E-state index is 13.0. The number of benzene rings is 1. The number of ether oxygens (including phenoxy) is 2. The molecule has 1 saturated heterocycles. The predicted octanol–water partition coefficient (Wildman–Crippen LogP) is 3.86. The Bertz CT molecular complexity index is 474. The highest BCUT2D eigenvalue weighted by Crippen LogP contribution is 2.40. The molecule has 112 valence electrons. The highest BCUT2D eigenvalue weighted by molar-refractivity contribution is 5.37. The average molecular weight is 300 g/mol. The minimum Gasteiger partial charge on any atom is -0.434 e. The lowest BCUT2D eigenvalue weighted by Gasteiger charge is -2.16. The van der Waals surface area contributed by atoms with Crippen LogP contribution in [-0.4, -0.2) is 25.5 Å². The zero-order valence-electron chi connectivity index (χ0n) is 9.96. The molecular formula is C12H10F6O2. The average Bonchev–Trinajstić information content (AvgIpc) is 2.77. The summed E-state index contributed by atoms with van der Waals surface area (Å²) in [6.45, 7) is -3.47. The normalized spacial score (nSPS) is 23.4. The van der Waals surface area contributed by atoms with Crippen molar-refractivity contribution < 1.29 is 35.8 Å². The molecule has 2 rings (SSSR count). The van der Waals surface area contributed by atoms with Crippen molar-refractivity contribution in [3.8, 4) is 5.75 Å². The molecule has 0 amide bonds. The summed E-state index contributed by atoms with van der Waals surface area (Å²) in [5.41, 5.74) is 0.0819. The van der Waals surface area contributed by atoms with E-state index in [0.717, 1.165) is 18.2 Å². The molecule has 1 aromatic rings. The van der Waals surface area contributed by atoms with E-state index in [0.29, 0.717) is 0 Å². The van der Waals surface area contributed by atoms with Crippen LogP contribution in [0.3, 0.4) is 0 Å². The molecule has 2 nitrogen and oxygen atoms in total. The molecule has 1 heterocycles. The molecule has 0 saturated carbocycles. The van der Waals surface area contributed by atoms with Gasteiger partial charge in [-0.05, 0) is 12.5 Å². The summed E-state index contributed by atoms with van der Waals surface area (Å²) < 4.78 is 83.7. The maximum Gasteiger partial charge on any atom is 0.414 e. The van der Waals surface area contributed by atoms with Gasteiger partial charge in [0.05, 0.1) is 6.61 Å². The summed E-state index contributed by atoms with van der Waals surface area (Å²) in [5.74, 6) is -2.04. The SMILES string of the molecule is Fc1ccc(C2COC(C(F)(F)F)C2)c(OC(F)F)c1. The van der Waals surface area contributed by atoms with Crippen molar-refractivity contribution in [1.29, 1.82) is 0 Å². The van der Waals surface area contributed by atoms with Crippen molar-refractivity contribution in [1.82, 2.24) is 0 Å². The van der Waals surface area contributed by atoms with Crippen molar-refractivity contribution >= 4 is 0 Å². The van der Waals surface area contributed by atoms with Crippen LogP contribution in [0.1, 0.15) is 17.9 Å². The number of hydrogen-bond acceptors (Lipinski definition) is 2. The van der Waals surface area contributed by atoms with Crippen LogP contribution in [-0.2, 0) is 4.74 Å². The van der Waals surface area contributed by atoms with E-state index in [2.05, 4.69) is 9.47 Å². The van der Waals surface area contributed by atoms with Gasteiger partial charge in [-0.3, -0.25) is 0 Å². The van der Waals surface area contributed by atoms with Crippen LogP contribution in [0.2, 0.25) is 0 Å². The van der Waals surface area contributed by atoms with Gasteiger partial charge in [0, 0.05) is 17.5 Å². The zero-order chi connectivity index (χ0) is 14.9. The Kier molecular flexibility index (Phi) is 4.12. The minimum absolute atomic E-state index is 0.0819. The second kappa shape index (κ2) is 5.51. The Hall–Kier alpha value is -1.44. The van der Waals surface area contributed by atoms with Crippen molar-refractivity contribution in [3.63, 3.8) is 0 Å². The van der Waals surface area contributed by atoms with E-state index in [9.17, 15) is 26.3 Å². The van der Waals surface area contributed by atoms with Gasteiger partial charge in [0.2, 0.25) is 0 Å². The van der Waals surface area contributed by atoms with E-state index in [4.69, 9.17) is 0 Å². The topological polar surface area (TPSA) is 18.5 Å². The molecule has 0 aliphatic carbocycles. The Morgan fingerprint density at radius 1 is 1.25 bits per heavy atom. The predicted molar refractivity (Wildman–Crippen MR) is 56.2 cm³/mol. The minimum atomic E-state index is -4.52. The van der Waals surface area contributed by atoms with E-state index in [-0.39, 0.29) is 12.2 Å². The fraction of sp³-hybridized carbons (Fsp3) is 0.500. The largest absolute Gasteiger partial charge is 0.434 e. The fourth-order valence-electron chi connectivity index (χ4n) is 2.12. The van der Waals surface area contributed by atoms with Gasteiger partial charge in [-0.1, -0.05) is 6.07 Å². The Morgan fingerprint density at radius 3 is 2.50 bits per heavy atom. The van der Waals surface area contributed by atoms with Crippen LogP contribution < -0.4 is 4.74 Å². The van der Waals surface area contributed by atoms with Gasteiger partial charge in [0.25, 0.3) is 0 Å². The Morgan fingerprint density at radius 2 is 1.95 bits per heavy atom. The molecule has 0 radical (unpaired) electrons. The molecule has 0 bridgehead atoms. The van der Waals surface area contributed by atoms with Crippen molar-refractivity contribution in [2.24, 2.45) is 0 Å². The molecule has 1 aliphatic heterocycles. The van der Waals surface area contributed by atoms with Crippen LogP contribution in [0, 0.1) is 5.82 Å². The maximum atomic E-state index is 13.0. The van der Waals surface area contributed by atoms with Gasteiger partial charge >= 0.3 is 12.8 Å². The molecule has 8 heteroatoms. The molecule has 1 aromatic carbocycles. The summed E-state index contributed by atoms with van der Waals surface area (Å²) in [7, 11) is 0.